The number of urea groups is 1. The van der Waals surface area contributed by atoms with Crippen molar-refractivity contribution in [2.45, 2.75) is 39.8 Å². The number of carbonyl (C=O) groups excluding carboxylic acids is 2. The van der Waals surface area contributed by atoms with Gasteiger partial charge < -0.3 is 14.2 Å². The molecule has 0 heterocycles. The Balaban J connectivity index is 3.94. The Morgan fingerprint density at radius 3 is 2.21 bits per heavy atom. The van der Waals surface area contributed by atoms with Crippen molar-refractivity contribution in [3.8, 4) is 0 Å². The predicted octanol–water partition coefficient (Wildman–Crippen LogP) is 2.23. The van der Waals surface area contributed by atoms with Gasteiger partial charge in [0.1, 0.15) is 0 Å². The molecule has 8 heteroatoms. The van der Waals surface area contributed by atoms with Crippen molar-refractivity contribution in [2.24, 2.45) is 10.2 Å². The van der Waals surface area contributed by atoms with Crippen molar-refractivity contribution in [1.29, 1.82) is 0 Å². The highest BCUT2D eigenvalue weighted by Crippen LogP contribution is 2.15. The number of carbonyl (C=O) groups is 2. The van der Waals surface area contributed by atoms with Crippen LogP contribution in [-0.2, 0) is 13.6 Å². The number of nitrogens with one attached hydrogen (secondary N) is 1. The molecule has 1 N–H and O–H groups in total. The fourth-order valence-electron chi connectivity index (χ4n) is 1.55. The summed E-state index contributed by atoms with van der Waals surface area (Å²) < 4.78 is 11.3. The lowest BCUT2D eigenvalue weighted by Crippen LogP contribution is -2.39. The minimum absolute atomic E-state index is 0.457. The van der Waals surface area contributed by atoms with E-state index < -0.39 is 20.5 Å². The lowest BCUT2D eigenvalue weighted by molar-refractivity contribution is -0.116. The number of hydrogen-bond donors (Lipinski definition) is 1. The molecule has 0 aliphatic rings. The fourth-order valence-corrected chi connectivity index (χ4v) is 3.96. The van der Waals surface area contributed by atoms with E-state index in [1.165, 1.54) is 6.92 Å². The summed E-state index contributed by atoms with van der Waals surface area (Å²) in [6.45, 7) is 8.83. The second-order valence-electron chi connectivity index (χ2n) is 4.05. The maximum Gasteiger partial charge on any atom is 0.359 e. The van der Waals surface area contributed by atoms with Gasteiger partial charge in [0.15, 0.2) is 0 Å². The van der Waals surface area contributed by atoms with E-state index in [-0.39, 0.29) is 0 Å². The molecular weight excluding hydrogens is 266 g/mol. The number of rotatable bonds is 8. The molecule has 0 aromatic heterocycles. The maximum atomic E-state index is 11.1. The van der Waals surface area contributed by atoms with Crippen molar-refractivity contribution >= 4 is 20.5 Å². The van der Waals surface area contributed by atoms with E-state index in [0.717, 1.165) is 12.5 Å². The summed E-state index contributed by atoms with van der Waals surface area (Å²) in [5.41, 5.74) is 0. The van der Waals surface area contributed by atoms with Gasteiger partial charge in [0.25, 0.3) is 5.91 Å². The first-order chi connectivity index (χ1) is 8.93. The molecule has 0 radical (unpaired) electrons. The maximum absolute atomic E-state index is 11.1. The van der Waals surface area contributed by atoms with Gasteiger partial charge in [0, 0.05) is 26.7 Å². The third-order valence-electron chi connectivity index (χ3n) is 2.26. The highest BCUT2D eigenvalue weighted by molar-refractivity contribution is 6.66. The van der Waals surface area contributed by atoms with Crippen LogP contribution in [0, 0.1) is 0 Å². The highest BCUT2D eigenvalue weighted by atomic mass is 28.4. The molecule has 0 fully saturated rings. The van der Waals surface area contributed by atoms with Crippen LogP contribution in [0.5, 0.6) is 0 Å². The molecular formula is C11H23N3O4Si. The molecule has 7 nitrogen and oxygen atoms in total. The Hall–Kier alpha value is -1.12. The van der Waals surface area contributed by atoms with E-state index >= 15 is 0 Å². The fraction of sp³-hybridized carbons (Fsp3) is 0.818. The number of nitrogens with zero attached hydrogens (tertiary/aromatic N) is 2. The molecule has 0 aliphatic heterocycles. The Morgan fingerprint density at radius 1 is 1.16 bits per heavy atom. The predicted molar refractivity (Wildman–Crippen MR) is 73.2 cm³/mol. The van der Waals surface area contributed by atoms with Crippen LogP contribution in [0.3, 0.4) is 0 Å². The third kappa shape index (κ3) is 9.45. The standard InChI is InChI=1S/C11H23N3O4Si/c1-5-17-19(4,18-6-2)9-7-8-12-11(16)14-13-10(3)15/h5-9H2,1-4H3,(H,12,16)/b14-13+. The van der Waals surface area contributed by atoms with Crippen LogP contribution in [0.25, 0.3) is 0 Å². The molecule has 0 aromatic rings. The summed E-state index contributed by atoms with van der Waals surface area (Å²) in [7, 11) is -2.12. The van der Waals surface area contributed by atoms with Crippen LogP contribution in [0.4, 0.5) is 4.79 Å². The van der Waals surface area contributed by atoms with Gasteiger partial charge >= 0.3 is 14.6 Å². The smallest absolute Gasteiger partial charge is 0.359 e. The van der Waals surface area contributed by atoms with Gasteiger partial charge in [-0.25, -0.2) is 4.79 Å². The van der Waals surface area contributed by atoms with Crippen molar-refractivity contribution in [3.05, 3.63) is 0 Å². The Bertz CT molecular complexity index is 317. The van der Waals surface area contributed by atoms with Crippen LogP contribution in [0.1, 0.15) is 27.2 Å². The summed E-state index contributed by atoms with van der Waals surface area (Å²) >= 11 is 0. The SMILES string of the molecule is CCO[Si](C)(CCCNC(=O)/N=N/C(C)=O)OCC. The van der Waals surface area contributed by atoms with Crippen LogP contribution >= 0.6 is 0 Å². The quantitative estimate of drug-likeness (QED) is 0.421. The van der Waals surface area contributed by atoms with Crippen LogP contribution in [-0.4, -0.2) is 40.3 Å². The molecule has 0 aliphatic carbocycles. The average molecular weight is 289 g/mol. The molecule has 3 amide bonds. The van der Waals surface area contributed by atoms with Gasteiger partial charge in [-0.15, -0.1) is 5.11 Å². The van der Waals surface area contributed by atoms with Gasteiger partial charge in [0.2, 0.25) is 0 Å². The number of hydrogen-bond acceptors (Lipinski definition) is 4. The second-order valence-corrected chi connectivity index (χ2v) is 7.40. The Labute approximate surface area is 115 Å². The first-order valence-electron chi connectivity index (χ1n) is 6.41. The Kier molecular flexibility index (Phi) is 9.18. The van der Waals surface area contributed by atoms with E-state index in [9.17, 15) is 9.59 Å². The normalized spacial score (nSPS) is 11.8. The average Bonchev–Trinajstić information content (AvgIpc) is 2.33. The third-order valence-corrected chi connectivity index (χ3v) is 5.33. The number of azo groups is 1. The molecule has 0 aromatic carbocycles. The summed E-state index contributed by atoms with van der Waals surface area (Å²) in [6.07, 6.45) is 0.740. The summed E-state index contributed by atoms with van der Waals surface area (Å²) in [5.74, 6) is -0.497. The van der Waals surface area contributed by atoms with Crippen molar-refractivity contribution in [2.75, 3.05) is 19.8 Å². The van der Waals surface area contributed by atoms with Gasteiger partial charge in [0.05, 0.1) is 0 Å². The van der Waals surface area contributed by atoms with E-state index in [4.69, 9.17) is 8.85 Å². The van der Waals surface area contributed by atoms with E-state index in [1.54, 1.807) is 0 Å². The van der Waals surface area contributed by atoms with Crippen molar-refractivity contribution in [1.82, 2.24) is 5.32 Å². The first-order valence-corrected chi connectivity index (χ1v) is 8.94. The van der Waals surface area contributed by atoms with Gasteiger partial charge in [-0.3, -0.25) is 4.79 Å². The van der Waals surface area contributed by atoms with Gasteiger partial charge in [-0.1, -0.05) is 5.11 Å². The molecule has 19 heavy (non-hydrogen) atoms. The molecule has 0 saturated heterocycles. The highest BCUT2D eigenvalue weighted by Gasteiger charge is 2.29. The second kappa shape index (κ2) is 9.76. The minimum atomic E-state index is -2.12. The van der Waals surface area contributed by atoms with E-state index in [1.807, 2.05) is 20.4 Å². The van der Waals surface area contributed by atoms with Gasteiger partial charge in [-0.05, 0) is 32.9 Å². The first kappa shape index (κ1) is 17.9. The van der Waals surface area contributed by atoms with Crippen LogP contribution in [0.15, 0.2) is 10.2 Å². The van der Waals surface area contributed by atoms with Gasteiger partial charge in [-0.2, -0.15) is 0 Å². The largest absolute Gasteiger partial charge is 0.395 e. The van der Waals surface area contributed by atoms with E-state index in [2.05, 4.69) is 15.5 Å². The molecule has 0 bridgehead atoms. The molecule has 0 saturated carbocycles. The molecule has 0 unspecified atom stereocenters. The number of amides is 3. The summed E-state index contributed by atoms with van der Waals surface area (Å²) in [4.78, 5) is 21.6. The monoisotopic (exact) mass is 289 g/mol. The van der Waals surface area contributed by atoms with Crippen LogP contribution in [0.2, 0.25) is 12.6 Å². The lowest BCUT2D eigenvalue weighted by Gasteiger charge is -2.25. The molecule has 0 spiro atoms. The Morgan fingerprint density at radius 2 is 1.74 bits per heavy atom. The minimum Gasteiger partial charge on any atom is -0.395 e. The van der Waals surface area contributed by atoms with Crippen molar-refractivity contribution in [3.63, 3.8) is 0 Å². The van der Waals surface area contributed by atoms with Crippen molar-refractivity contribution < 1.29 is 18.4 Å². The summed E-state index contributed by atoms with van der Waals surface area (Å²) in [6, 6.07) is 0.185. The lowest BCUT2D eigenvalue weighted by atomic mass is 10.5. The zero-order chi connectivity index (χ0) is 14.7. The van der Waals surface area contributed by atoms with Crippen LogP contribution < -0.4 is 5.32 Å². The zero-order valence-electron chi connectivity index (χ0n) is 12.1. The summed E-state index contributed by atoms with van der Waals surface area (Å²) in [5, 5.41) is 8.90. The molecule has 0 atom stereocenters. The molecule has 110 valence electrons. The topological polar surface area (TPSA) is 89.4 Å². The van der Waals surface area contributed by atoms with E-state index in [0.29, 0.717) is 19.8 Å². The zero-order valence-corrected chi connectivity index (χ0v) is 13.1. The molecule has 0 rings (SSSR count).